The van der Waals surface area contributed by atoms with Crippen molar-refractivity contribution in [3.8, 4) is 0 Å². The summed E-state index contributed by atoms with van der Waals surface area (Å²) in [4.78, 5) is 4.41. The second-order valence-corrected chi connectivity index (χ2v) is 4.83. The Morgan fingerprint density at radius 3 is 2.42 bits per heavy atom. The molecule has 0 fully saturated rings. The van der Waals surface area contributed by atoms with Gasteiger partial charge in [-0.1, -0.05) is 48.5 Å². The van der Waals surface area contributed by atoms with Gasteiger partial charge in [0.15, 0.2) is 0 Å². The lowest BCUT2D eigenvalue weighted by molar-refractivity contribution is 0.824. The maximum Gasteiger partial charge on any atom is 0.0704 e. The van der Waals surface area contributed by atoms with Gasteiger partial charge in [0.1, 0.15) is 0 Å². The minimum absolute atomic E-state index is 1.10. The van der Waals surface area contributed by atoms with Gasteiger partial charge < -0.3 is 0 Å². The molecule has 1 aromatic heterocycles. The van der Waals surface area contributed by atoms with Crippen molar-refractivity contribution in [2.24, 2.45) is 0 Å². The van der Waals surface area contributed by atoms with Crippen molar-refractivity contribution < 1.29 is 0 Å². The molecular weight excluding hydrogens is 230 g/mol. The standard InChI is InChI=1S/C18H17N/c1-2-7-15(8-3-1)9-6-10-16-13-14-19-18-12-5-4-11-17(16)18/h1-5,7-8,11-14H,6,9-10H2. The van der Waals surface area contributed by atoms with Gasteiger partial charge in [-0.15, -0.1) is 0 Å². The molecule has 0 bridgehead atoms. The molecule has 0 aliphatic rings. The zero-order valence-corrected chi connectivity index (χ0v) is 10.9. The van der Waals surface area contributed by atoms with Gasteiger partial charge in [0.2, 0.25) is 0 Å². The van der Waals surface area contributed by atoms with E-state index in [9.17, 15) is 0 Å². The topological polar surface area (TPSA) is 12.9 Å². The molecular formula is C18H17N. The van der Waals surface area contributed by atoms with E-state index in [1.54, 1.807) is 0 Å². The number of hydrogen-bond donors (Lipinski definition) is 0. The number of pyridine rings is 1. The smallest absolute Gasteiger partial charge is 0.0704 e. The molecule has 0 amide bonds. The highest BCUT2D eigenvalue weighted by Gasteiger charge is 2.01. The summed E-state index contributed by atoms with van der Waals surface area (Å²) >= 11 is 0. The third-order valence-electron chi connectivity index (χ3n) is 3.49. The molecule has 0 atom stereocenters. The van der Waals surface area contributed by atoms with E-state index in [1.807, 2.05) is 12.3 Å². The minimum Gasteiger partial charge on any atom is -0.256 e. The first kappa shape index (κ1) is 11.9. The van der Waals surface area contributed by atoms with Gasteiger partial charge in [-0.25, -0.2) is 0 Å². The fourth-order valence-electron chi connectivity index (χ4n) is 2.50. The third-order valence-corrected chi connectivity index (χ3v) is 3.49. The van der Waals surface area contributed by atoms with Crippen LogP contribution in [0.2, 0.25) is 0 Å². The Morgan fingerprint density at radius 2 is 1.53 bits per heavy atom. The number of hydrogen-bond acceptors (Lipinski definition) is 1. The molecule has 0 saturated carbocycles. The highest BCUT2D eigenvalue weighted by Crippen LogP contribution is 2.18. The quantitative estimate of drug-likeness (QED) is 0.665. The molecule has 1 heterocycles. The first-order chi connectivity index (χ1) is 9.43. The lowest BCUT2D eigenvalue weighted by Crippen LogP contribution is -1.92. The summed E-state index contributed by atoms with van der Waals surface area (Å²) in [6.07, 6.45) is 5.34. The molecule has 19 heavy (non-hydrogen) atoms. The number of fused-ring (bicyclic) bond motifs is 1. The maximum absolute atomic E-state index is 4.41. The molecule has 0 spiro atoms. The first-order valence-corrected chi connectivity index (χ1v) is 6.80. The van der Waals surface area contributed by atoms with Gasteiger partial charge in [-0.3, -0.25) is 4.98 Å². The first-order valence-electron chi connectivity index (χ1n) is 6.80. The number of aryl methyl sites for hydroxylation is 2. The summed E-state index contributed by atoms with van der Waals surface area (Å²) in [6, 6.07) is 21.2. The van der Waals surface area contributed by atoms with Gasteiger partial charge >= 0.3 is 0 Å². The molecule has 3 rings (SSSR count). The van der Waals surface area contributed by atoms with Crippen molar-refractivity contribution in [2.45, 2.75) is 19.3 Å². The largest absolute Gasteiger partial charge is 0.256 e. The number of benzene rings is 2. The molecule has 0 radical (unpaired) electrons. The van der Waals surface area contributed by atoms with Crippen molar-refractivity contribution in [2.75, 3.05) is 0 Å². The monoisotopic (exact) mass is 247 g/mol. The van der Waals surface area contributed by atoms with Crippen LogP contribution in [0.1, 0.15) is 17.5 Å². The fourth-order valence-corrected chi connectivity index (χ4v) is 2.50. The van der Waals surface area contributed by atoms with Crippen molar-refractivity contribution in [3.63, 3.8) is 0 Å². The summed E-state index contributed by atoms with van der Waals surface area (Å²) in [6.45, 7) is 0. The van der Waals surface area contributed by atoms with E-state index in [4.69, 9.17) is 0 Å². The summed E-state index contributed by atoms with van der Waals surface area (Å²) in [7, 11) is 0. The molecule has 94 valence electrons. The fraction of sp³-hybridized carbons (Fsp3) is 0.167. The second kappa shape index (κ2) is 5.66. The van der Waals surface area contributed by atoms with Crippen molar-refractivity contribution in [1.82, 2.24) is 4.98 Å². The molecule has 2 aromatic carbocycles. The molecule has 0 N–H and O–H groups in total. The van der Waals surface area contributed by atoms with Crippen LogP contribution in [0, 0.1) is 0 Å². The van der Waals surface area contributed by atoms with Crippen LogP contribution in [0.5, 0.6) is 0 Å². The predicted octanol–water partition coefficient (Wildman–Crippen LogP) is 4.41. The zero-order valence-electron chi connectivity index (χ0n) is 10.9. The Kier molecular flexibility index (Phi) is 3.55. The number of nitrogens with zero attached hydrogens (tertiary/aromatic N) is 1. The number of aromatic nitrogens is 1. The van der Waals surface area contributed by atoms with Crippen molar-refractivity contribution in [3.05, 3.63) is 78.0 Å². The normalized spacial score (nSPS) is 10.7. The minimum atomic E-state index is 1.10. The summed E-state index contributed by atoms with van der Waals surface area (Å²) in [5.74, 6) is 0. The van der Waals surface area contributed by atoms with Crippen LogP contribution in [-0.4, -0.2) is 4.98 Å². The van der Waals surface area contributed by atoms with Gasteiger partial charge in [0.25, 0.3) is 0 Å². The third kappa shape index (κ3) is 2.82. The Morgan fingerprint density at radius 1 is 0.737 bits per heavy atom. The van der Waals surface area contributed by atoms with Crippen LogP contribution in [0.15, 0.2) is 66.9 Å². The Hall–Kier alpha value is -2.15. The molecule has 0 aliphatic heterocycles. The van der Waals surface area contributed by atoms with Gasteiger partial charge in [0.05, 0.1) is 5.52 Å². The van der Waals surface area contributed by atoms with Crippen LogP contribution in [0.3, 0.4) is 0 Å². The predicted molar refractivity (Wildman–Crippen MR) is 80.2 cm³/mol. The lowest BCUT2D eigenvalue weighted by atomic mass is 10.0. The summed E-state index contributed by atoms with van der Waals surface area (Å²) < 4.78 is 0. The van der Waals surface area contributed by atoms with Crippen LogP contribution < -0.4 is 0 Å². The second-order valence-electron chi connectivity index (χ2n) is 4.83. The van der Waals surface area contributed by atoms with E-state index in [0.717, 1.165) is 18.4 Å². The zero-order chi connectivity index (χ0) is 12.9. The maximum atomic E-state index is 4.41. The molecule has 1 heteroatoms. The van der Waals surface area contributed by atoms with E-state index >= 15 is 0 Å². The van der Waals surface area contributed by atoms with Gasteiger partial charge in [0, 0.05) is 11.6 Å². The SMILES string of the molecule is c1ccc(CCCc2ccnc3ccccc23)cc1. The Bertz CT molecular complexity index is 653. The van der Waals surface area contributed by atoms with Gasteiger partial charge in [-0.05, 0) is 42.5 Å². The molecule has 0 saturated heterocycles. The highest BCUT2D eigenvalue weighted by molar-refractivity contribution is 5.81. The van der Waals surface area contributed by atoms with E-state index in [0.29, 0.717) is 0 Å². The number of para-hydroxylation sites is 1. The van der Waals surface area contributed by atoms with Crippen LogP contribution in [-0.2, 0) is 12.8 Å². The van der Waals surface area contributed by atoms with Crippen LogP contribution >= 0.6 is 0 Å². The van der Waals surface area contributed by atoms with Crippen molar-refractivity contribution in [1.29, 1.82) is 0 Å². The Labute approximate surface area is 113 Å². The summed E-state index contributed by atoms with van der Waals surface area (Å²) in [5.41, 5.74) is 3.92. The highest BCUT2D eigenvalue weighted by atomic mass is 14.6. The van der Waals surface area contributed by atoms with Gasteiger partial charge in [-0.2, -0.15) is 0 Å². The molecule has 0 unspecified atom stereocenters. The van der Waals surface area contributed by atoms with E-state index in [-0.39, 0.29) is 0 Å². The molecule has 0 aliphatic carbocycles. The molecule has 3 aromatic rings. The van der Waals surface area contributed by atoms with E-state index in [1.165, 1.54) is 22.9 Å². The van der Waals surface area contributed by atoms with E-state index in [2.05, 4.69) is 59.6 Å². The molecule has 1 nitrogen and oxygen atoms in total. The Balaban J connectivity index is 1.72. The number of rotatable bonds is 4. The van der Waals surface area contributed by atoms with E-state index < -0.39 is 0 Å². The summed E-state index contributed by atoms with van der Waals surface area (Å²) in [5, 5.41) is 1.29. The average Bonchev–Trinajstić information content (AvgIpc) is 2.49. The van der Waals surface area contributed by atoms with Crippen LogP contribution in [0.25, 0.3) is 10.9 Å². The van der Waals surface area contributed by atoms with Crippen molar-refractivity contribution >= 4 is 10.9 Å². The average molecular weight is 247 g/mol. The lowest BCUT2D eigenvalue weighted by Gasteiger charge is -2.06. The van der Waals surface area contributed by atoms with Crippen LogP contribution in [0.4, 0.5) is 0 Å².